The lowest BCUT2D eigenvalue weighted by atomic mass is 10.0. The van der Waals surface area contributed by atoms with Gasteiger partial charge in [-0.2, -0.15) is 11.8 Å². The van der Waals surface area contributed by atoms with Gasteiger partial charge >= 0.3 is 5.97 Å². The van der Waals surface area contributed by atoms with E-state index in [0.717, 1.165) is 17.4 Å². The third kappa shape index (κ3) is 3.68. The van der Waals surface area contributed by atoms with Gasteiger partial charge in [0.25, 0.3) is 0 Å². The number of aliphatic carboxylic acids is 1. The molecule has 6 heteroatoms. The van der Waals surface area contributed by atoms with Crippen LogP contribution in [0.3, 0.4) is 0 Å². The van der Waals surface area contributed by atoms with Gasteiger partial charge in [-0.05, 0) is 37.2 Å². The molecule has 2 heterocycles. The Kier molecular flexibility index (Phi) is 5.00. The van der Waals surface area contributed by atoms with E-state index in [1.807, 2.05) is 24.9 Å². The first-order valence-electron chi connectivity index (χ1n) is 6.11. The number of carbonyl (C=O) groups is 1. The fourth-order valence-electron chi connectivity index (χ4n) is 2.09. The number of nitrogens with zero attached hydrogens (tertiary/aromatic N) is 2. The topological polar surface area (TPSA) is 55.1 Å². The second-order valence-corrected chi connectivity index (χ2v) is 6.70. The van der Waals surface area contributed by atoms with Crippen LogP contribution in [0.5, 0.6) is 0 Å². The van der Waals surface area contributed by atoms with Crippen LogP contribution in [0.1, 0.15) is 18.5 Å². The van der Waals surface area contributed by atoms with Gasteiger partial charge in [-0.25, -0.2) is 4.98 Å². The van der Waals surface area contributed by atoms with Crippen molar-refractivity contribution in [1.82, 2.24) is 9.55 Å². The number of carboxylic acid groups (broad SMARTS) is 1. The van der Waals surface area contributed by atoms with Gasteiger partial charge in [-0.1, -0.05) is 11.8 Å². The maximum absolute atomic E-state index is 10.6. The molecule has 0 spiro atoms. The molecule has 0 aliphatic carbocycles. The number of rotatable bonds is 5. The predicted molar refractivity (Wildman–Crippen MR) is 75.4 cm³/mol. The summed E-state index contributed by atoms with van der Waals surface area (Å²) in [6, 6.07) is 0. The van der Waals surface area contributed by atoms with Crippen LogP contribution >= 0.6 is 23.5 Å². The Labute approximate surface area is 116 Å². The number of aromatic nitrogens is 2. The molecular weight excluding hydrogens is 268 g/mol. The van der Waals surface area contributed by atoms with E-state index in [2.05, 4.69) is 9.55 Å². The zero-order valence-corrected chi connectivity index (χ0v) is 12.1. The summed E-state index contributed by atoms with van der Waals surface area (Å²) in [4.78, 5) is 14.9. The molecule has 1 aromatic rings. The minimum Gasteiger partial charge on any atom is -0.481 e. The molecule has 1 aromatic heterocycles. The minimum atomic E-state index is -0.790. The van der Waals surface area contributed by atoms with Crippen LogP contribution in [-0.4, -0.2) is 37.9 Å². The summed E-state index contributed by atoms with van der Waals surface area (Å²) >= 11 is 3.34. The molecule has 1 aliphatic rings. The van der Waals surface area contributed by atoms with Gasteiger partial charge in [0, 0.05) is 18.4 Å². The average Bonchev–Trinajstić information content (AvgIpc) is 2.70. The Bertz CT molecular complexity index is 414. The number of hydrogen-bond acceptors (Lipinski definition) is 4. The molecule has 1 aliphatic heterocycles. The van der Waals surface area contributed by atoms with Gasteiger partial charge in [-0.3, -0.25) is 4.79 Å². The molecule has 100 valence electrons. The molecular formula is C12H18N2O2S2. The summed E-state index contributed by atoms with van der Waals surface area (Å²) in [5.41, 5.74) is 1.13. The lowest BCUT2D eigenvalue weighted by molar-refractivity contribution is -0.133. The first kappa shape index (κ1) is 13.8. The average molecular weight is 286 g/mol. The summed E-state index contributed by atoms with van der Waals surface area (Å²) in [5, 5.41) is 9.57. The molecule has 18 heavy (non-hydrogen) atoms. The van der Waals surface area contributed by atoms with Crippen molar-refractivity contribution in [3.05, 3.63) is 11.9 Å². The monoisotopic (exact) mass is 286 g/mol. The molecule has 0 unspecified atom stereocenters. The van der Waals surface area contributed by atoms with Crippen LogP contribution in [0.4, 0.5) is 0 Å². The van der Waals surface area contributed by atoms with Crippen molar-refractivity contribution < 1.29 is 9.90 Å². The second-order valence-electron chi connectivity index (χ2n) is 4.53. The first-order chi connectivity index (χ1) is 8.66. The van der Waals surface area contributed by atoms with Crippen molar-refractivity contribution in [1.29, 1.82) is 0 Å². The Hall–Kier alpha value is -0.620. The first-order valence-corrected chi connectivity index (χ1v) is 8.25. The fourth-order valence-corrected chi connectivity index (χ4v) is 4.05. The predicted octanol–water partition coefficient (Wildman–Crippen LogP) is 2.51. The molecule has 1 saturated heterocycles. The summed E-state index contributed by atoms with van der Waals surface area (Å²) in [6.45, 7) is 3.02. The molecule has 0 radical (unpaired) electrons. The van der Waals surface area contributed by atoms with E-state index in [1.165, 1.54) is 36.1 Å². The van der Waals surface area contributed by atoms with E-state index >= 15 is 0 Å². The van der Waals surface area contributed by atoms with Crippen LogP contribution in [0, 0.1) is 12.8 Å². The molecule has 0 bridgehead atoms. The molecule has 0 atom stereocenters. The highest BCUT2D eigenvalue weighted by Crippen LogP contribution is 2.27. The van der Waals surface area contributed by atoms with Crippen molar-refractivity contribution in [2.24, 2.45) is 5.92 Å². The highest BCUT2D eigenvalue weighted by molar-refractivity contribution is 7.99. The Morgan fingerprint density at radius 1 is 1.61 bits per heavy atom. The minimum absolute atomic E-state index is 0.0803. The summed E-state index contributed by atoms with van der Waals surface area (Å²) in [6.07, 6.45) is 4.35. The highest BCUT2D eigenvalue weighted by atomic mass is 32.2. The molecule has 1 N–H and O–H groups in total. The number of hydrogen-bond donors (Lipinski definition) is 1. The van der Waals surface area contributed by atoms with E-state index in [-0.39, 0.29) is 5.75 Å². The van der Waals surface area contributed by atoms with Crippen molar-refractivity contribution in [3.8, 4) is 0 Å². The summed E-state index contributed by atoms with van der Waals surface area (Å²) in [7, 11) is 0. The normalized spacial score (nSPS) is 16.9. The van der Waals surface area contributed by atoms with E-state index in [0.29, 0.717) is 5.92 Å². The van der Waals surface area contributed by atoms with Crippen molar-refractivity contribution in [2.75, 3.05) is 17.3 Å². The molecule has 1 fully saturated rings. The van der Waals surface area contributed by atoms with Gasteiger partial charge in [0.15, 0.2) is 5.16 Å². The molecule has 0 saturated carbocycles. The summed E-state index contributed by atoms with van der Waals surface area (Å²) in [5.74, 6) is 2.49. The highest BCUT2D eigenvalue weighted by Gasteiger charge is 2.17. The quantitative estimate of drug-likeness (QED) is 0.843. The van der Waals surface area contributed by atoms with E-state index in [4.69, 9.17) is 5.11 Å². The van der Waals surface area contributed by atoms with Crippen LogP contribution < -0.4 is 0 Å². The molecule has 0 amide bonds. The SMILES string of the molecule is Cc1cnc(SCC(=O)O)n1CC1CCSCC1. The molecule has 0 aromatic carbocycles. The lowest BCUT2D eigenvalue weighted by Gasteiger charge is -2.23. The number of aryl methyl sites for hydroxylation is 1. The maximum Gasteiger partial charge on any atom is 0.313 e. The zero-order chi connectivity index (χ0) is 13.0. The fraction of sp³-hybridized carbons (Fsp3) is 0.667. The van der Waals surface area contributed by atoms with Gasteiger partial charge in [0.05, 0.1) is 5.75 Å². The van der Waals surface area contributed by atoms with Crippen LogP contribution in [0.25, 0.3) is 0 Å². The number of imidazole rings is 1. The largest absolute Gasteiger partial charge is 0.481 e. The lowest BCUT2D eigenvalue weighted by Crippen LogP contribution is -2.17. The second kappa shape index (κ2) is 6.52. The number of carboxylic acids is 1. The van der Waals surface area contributed by atoms with E-state index in [1.54, 1.807) is 0 Å². The van der Waals surface area contributed by atoms with E-state index in [9.17, 15) is 4.79 Å². The number of thioether (sulfide) groups is 2. The van der Waals surface area contributed by atoms with Crippen LogP contribution in [0.15, 0.2) is 11.4 Å². The van der Waals surface area contributed by atoms with Crippen molar-refractivity contribution in [2.45, 2.75) is 31.5 Å². The van der Waals surface area contributed by atoms with Gasteiger partial charge < -0.3 is 9.67 Å². The third-order valence-corrected chi connectivity index (χ3v) is 5.15. The van der Waals surface area contributed by atoms with Crippen molar-refractivity contribution >= 4 is 29.5 Å². The maximum atomic E-state index is 10.6. The summed E-state index contributed by atoms with van der Waals surface area (Å²) < 4.78 is 2.17. The van der Waals surface area contributed by atoms with E-state index < -0.39 is 5.97 Å². The standard InChI is InChI=1S/C12H18N2O2S2/c1-9-6-13-12(18-8-11(15)16)14(9)7-10-2-4-17-5-3-10/h6,10H,2-5,7-8H2,1H3,(H,15,16). The van der Waals surface area contributed by atoms with Crippen molar-refractivity contribution in [3.63, 3.8) is 0 Å². The third-order valence-electron chi connectivity index (χ3n) is 3.12. The Morgan fingerprint density at radius 3 is 3.00 bits per heavy atom. The van der Waals surface area contributed by atoms with Gasteiger partial charge in [-0.15, -0.1) is 0 Å². The molecule has 2 rings (SSSR count). The molecule has 4 nitrogen and oxygen atoms in total. The van der Waals surface area contributed by atoms with Crippen LogP contribution in [0.2, 0.25) is 0 Å². The smallest absolute Gasteiger partial charge is 0.313 e. The van der Waals surface area contributed by atoms with Crippen LogP contribution in [-0.2, 0) is 11.3 Å². The van der Waals surface area contributed by atoms with Gasteiger partial charge in [0.2, 0.25) is 0 Å². The Morgan fingerprint density at radius 2 is 2.33 bits per heavy atom. The Balaban J connectivity index is 2.01. The van der Waals surface area contributed by atoms with Gasteiger partial charge in [0.1, 0.15) is 0 Å². The zero-order valence-electron chi connectivity index (χ0n) is 10.5.